The highest BCUT2D eigenvalue weighted by molar-refractivity contribution is 7.54. The van der Waals surface area contributed by atoms with Gasteiger partial charge in [-0.1, -0.05) is 20.8 Å². The lowest BCUT2D eigenvalue weighted by atomic mass is 9.70. The van der Waals surface area contributed by atoms with Gasteiger partial charge in [0.05, 0.1) is 32.0 Å². The summed E-state index contributed by atoms with van der Waals surface area (Å²) in [5.41, 5.74) is 4.18. The Hall–Kier alpha value is 0.410. The molecule has 3 aliphatic rings. The number of nitrogens with two attached hydrogens (primary N) is 1. The molecule has 0 radical (unpaired) electrons. The molecule has 0 spiro atoms. The summed E-state index contributed by atoms with van der Waals surface area (Å²) in [4.78, 5) is 0. The van der Waals surface area contributed by atoms with Crippen molar-refractivity contribution in [1.82, 2.24) is 0 Å². The largest absolute Gasteiger partial charge is 0.332 e. The van der Waals surface area contributed by atoms with E-state index in [1.54, 1.807) is 13.8 Å². The Morgan fingerprint density at radius 2 is 1.10 bits per heavy atom. The topological polar surface area (TPSA) is 133 Å². The van der Waals surface area contributed by atoms with Crippen LogP contribution in [0.4, 0.5) is 0 Å². The van der Waals surface area contributed by atoms with Crippen molar-refractivity contribution in [3.63, 3.8) is 0 Å². The van der Waals surface area contributed by atoms with Gasteiger partial charge >= 0.3 is 22.8 Å². The van der Waals surface area contributed by atoms with Gasteiger partial charge < -0.3 is 28.4 Å². The van der Waals surface area contributed by atoms with Gasteiger partial charge in [-0.3, -0.25) is 18.2 Å². The molecule has 3 heterocycles. The van der Waals surface area contributed by atoms with Gasteiger partial charge in [-0.2, -0.15) is 0 Å². The lowest BCUT2D eigenvalue weighted by Crippen LogP contribution is -2.64. The minimum absolute atomic E-state index is 0.347. The molecule has 186 valence electrons. The van der Waals surface area contributed by atoms with Crippen LogP contribution in [0.5, 0.6) is 0 Å². The minimum Gasteiger partial charge on any atom is -0.309 e. The summed E-state index contributed by atoms with van der Waals surface area (Å²) in [5.74, 6) is 0. The van der Waals surface area contributed by atoms with Crippen LogP contribution in [0.25, 0.3) is 0 Å². The van der Waals surface area contributed by atoms with Crippen molar-refractivity contribution in [2.75, 3.05) is 45.9 Å². The maximum Gasteiger partial charge on any atom is 0.332 e. The Bertz CT molecular complexity index is 665. The van der Waals surface area contributed by atoms with E-state index in [4.69, 9.17) is 32.9 Å². The van der Waals surface area contributed by atoms with Crippen LogP contribution < -0.4 is 5.73 Å². The summed E-state index contributed by atoms with van der Waals surface area (Å²) >= 11 is 0. The monoisotopic (exact) mass is 507 g/mol. The molecule has 2 atom stereocenters. The first-order valence-electron chi connectivity index (χ1n) is 10.4. The molecule has 31 heavy (non-hydrogen) atoms. The Morgan fingerprint density at radius 3 is 1.32 bits per heavy atom. The highest BCUT2D eigenvalue weighted by Gasteiger charge is 2.59. The molecule has 2 unspecified atom stereocenters. The van der Waals surface area contributed by atoms with E-state index in [2.05, 4.69) is 0 Å². The molecule has 3 aliphatic heterocycles. The van der Waals surface area contributed by atoms with Crippen molar-refractivity contribution in [3.8, 4) is 0 Å². The van der Waals surface area contributed by atoms with E-state index in [0.29, 0.717) is 32.6 Å². The summed E-state index contributed by atoms with van der Waals surface area (Å²) in [6.45, 7) is 16.6. The van der Waals surface area contributed by atoms with E-state index in [9.17, 15) is 13.7 Å². The zero-order valence-electron chi connectivity index (χ0n) is 20.0. The maximum atomic E-state index is 12.2. The smallest absolute Gasteiger partial charge is 0.309 e. The summed E-state index contributed by atoms with van der Waals surface area (Å²) in [5, 5.41) is 0. The van der Waals surface area contributed by atoms with E-state index in [-0.39, 0.29) is 0 Å². The molecule has 10 nitrogen and oxygen atoms in total. The third kappa shape index (κ3) is 8.60. The fourth-order valence-corrected chi connectivity index (χ4v) is 6.74. The molecule has 2 N–H and O–H groups in total. The second-order valence-corrected chi connectivity index (χ2v) is 15.3. The molecule has 13 heteroatoms. The van der Waals surface area contributed by atoms with Gasteiger partial charge in [0.1, 0.15) is 5.72 Å². The van der Waals surface area contributed by atoms with E-state index >= 15 is 0 Å². The number of rotatable bonds is 1. The fourth-order valence-electron chi connectivity index (χ4n) is 2.72. The van der Waals surface area contributed by atoms with Crippen molar-refractivity contribution < 1.29 is 40.8 Å². The molecule has 3 saturated heterocycles. The first-order valence-corrected chi connectivity index (χ1v) is 16.1. The van der Waals surface area contributed by atoms with E-state index in [1.807, 2.05) is 27.7 Å². The van der Waals surface area contributed by atoms with Crippen LogP contribution in [-0.2, 0) is 40.8 Å². The summed E-state index contributed by atoms with van der Waals surface area (Å²) in [7, 11) is -8.22. The highest BCUT2D eigenvalue weighted by atomic mass is 31.2. The van der Waals surface area contributed by atoms with Crippen LogP contribution in [-0.4, -0.2) is 57.2 Å². The molecule has 0 aromatic heterocycles. The Labute approximate surface area is 186 Å². The molecule has 0 bridgehead atoms. The predicted molar refractivity (Wildman–Crippen MR) is 121 cm³/mol. The normalized spacial score (nSPS) is 35.5. The first kappa shape index (κ1) is 29.4. The molecular weight excluding hydrogens is 467 g/mol. The van der Waals surface area contributed by atoms with Gasteiger partial charge in [0, 0.05) is 24.9 Å². The molecule has 3 fully saturated rings. The Balaban J connectivity index is 0.000000253. The van der Waals surface area contributed by atoms with Crippen molar-refractivity contribution in [2.45, 2.75) is 65.7 Å². The quantitative estimate of drug-likeness (QED) is 0.471. The second-order valence-electron chi connectivity index (χ2n) is 8.93. The third-order valence-corrected chi connectivity index (χ3v) is 10.5. The van der Waals surface area contributed by atoms with Gasteiger partial charge in [0.25, 0.3) is 0 Å². The minimum atomic E-state index is -3.04. The molecule has 0 aromatic rings. The first-order chi connectivity index (χ1) is 13.9. The maximum absolute atomic E-state index is 12.2. The zero-order chi connectivity index (χ0) is 24.2. The average molecular weight is 507 g/mol. The van der Waals surface area contributed by atoms with E-state index in [1.165, 1.54) is 13.3 Å². The average Bonchev–Trinajstić information content (AvgIpc) is 2.60. The number of hydrogen-bond donors (Lipinski definition) is 1. The van der Waals surface area contributed by atoms with E-state index in [0.717, 1.165) is 12.8 Å². The van der Waals surface area contributed by atoms with Gasteiger partial charge in [-0.25, -0.2) is 0 Å². The van der Waals surface area contributed by atoms with Crippen LogP contribution in [0.15, 0.2) is 0 Å². The summed E-state index contributed by atoms with van der Waals surface area (Å²) in [6, 6.07) is 0. The third-order valence-electron chi connectivity index (χ3n) is 5.71. The standard InChI is InChI=1S/C10H22NO3P.2C4H9O3P/c1-7-15(12)13-9(4,5)8(2,3)10(6,11)14-15;2*1-8(5)6-3-2-4-7-8/h7,11H2,1-6H3;2*2-4H2,1H3. The SMILES string of the molecule is CCP1(=O)OC(C)(C)C(C)(C)C(C)(N)O1.CP1(=O)OCCCO1.CP1(=O)OCCCO1. The Kier molecular flexibility index (Phi) is 10.2. The molecular formula is C18H40NO9P3. The molecule has 3 rings (SSSR count). The molecule has 0 saturated carbocycles. The van der Waals surface area contributed by atoms with E-state index < -0.39 is 39.5 Å². The van der Waals surface area contributed by atoms with Crippen molar-refractivity contribution >= 4 is 22.8 Å². The lowest BCUT2D eigenvalue weighted by molar-refractivity contribution is -0.175. The Morgan fingerprint density at radius 1 is 0.742 bits per heavy atom. The molecule has 0 amide bonds. The van der Waals surface area contributed by atoms with Gasteiger partial charge in [0.15, 0.2) is 0 Å². The fraction of sp³-hybridized carbons (Fsp3) is 1.00. The van der Waals surface area contributed by atoms with Crippen LogP contribution in [0.1, 0.15) is 54.4 Å². The zero-order valence-corrected chi connectivity index (χ0v) is 22.7. The van der Waals surface area contributed by atoms with Crippen molar-refractivity contribution in [2.24, 2.45) is 11.1 Å². The lowest BCUT2D eigenvalue weighted by Gasteiger charge is -2.56. The van der Waals surface area contributed by atoms with Crippen molar-refractivity contribution in [3.05, 3.63) is 0 Å². The second kappa shape index (κ2) is 10.8. The van der Waals surface area contributed by atoms with Gasteiger partial charge in [0.2, 0.25) is 0 Å². The molecule has 0 aromatic carbocycles. The molecule has 0 aliphatic carbocycles. The van der Waals surface area contributed by atoms with Crippen molar-refractivity contribution in [1.29, 1.82) is 0 Å². The van der Waals surface area contributed by atoms with Crippen LogP contribution in [0.3, 0.4) is 0 Å². The van der Waals surface area contributed by atoms with Gasteiger partial charge in [-0.15, -0.1) is 0 Å². The van der Waals surface area contributed by atoms with Gasteiger partial charge in [-0.05, 0) is 33.6 Å². The number of hydrogen-bond acceptors (Lipinski definition) is 10. The van der Waals surface area contributed by atoms with Crippen LogP contribution in [0.2, 0.25) is 0 Å². The summed E-state index contributed by atoms with van der Waals surface area (Å²) < 4.78 is 64.1. The summed E-state index contributed by atoms with van der Waals surface area (Å²) in [6.07, 6.45) is 2.06. The van der Waals surface area contributed by atoms with Crippen LogP contribution >= 0.6 is 22.8 Å². The van der Waals surface area contributed by atoms with Crippen LogP contribution in [0, 0.1) is 5.41 Å². The highest BCUT2D eigenvalue weighted by Crippen LogP contribution is 2.64. The predicted octanol–water partition coefficient (Wildman–Crippen LogP) is 5.22.